The summed E-state index contributed by atoms with van der Waals surface area (Å²) in [5, 5.41) is 3.40. The van der Waals surface area contributed by atoms with E-state index in [1.54, 1.807) is 6.07 Å². The first-order valence-electron chi connectivity index (χ1n) is 5.73. The number of nitrogens with one attached hydrogen (secondary N) is 2. The molecule has 0 aliphatic carbocycles. The standard InChI is InChI=1S/C11H14BrN3O2S3/c1-6-7(2)18-11(14-6)15-20(16,17)9-4-8(5-13-3)19-10(9)12/h4,13H,5H2,1-3H3,(H,14,15). The van der Waals surface area contributed by atoms with Gasteiger partial charge in [0.05, 0.1) is 9.48 Å². The Labute approximate surface area is 134 Å². The lowest BCUT2D eigenvalue weighted by Crippen LogP contribution is -2.12. The van der Waals surface area contributed by atoms with Gasteiger partial charge >= 0.3 is 0 Å². The first kappa shape index (κ1) is 15.9. The van der Waals surface area contributed by atoms with Gasteiger partial charge in [0.1, 0.15) is 4.90 Å². The van der Waals surface area contributed by atoms with E-state index in [1.807, 2.05) is 20.9 Å². The smallest absolute Gasteiger partial charge is 0.265 e. The maximum absolute atomic E-state index is 12.4. The maximum Gasteiger partial charge on any atom is 0.265 e. The highest BCUT2D eigenvalue weighted by atomic mass is 79.9. The molecule has 9 heteroatoms. The normalized spacial score (nSPS) is 11.8. The van der Waals surface area contributed by atoms with Gasteiger partial charge in [-0.3, -0.25) is 4.72 Å². The summed E-state index contributed by atoms with van der Waals surface area (Å²) in [5.74, 6) is 0. The van der Waals surface area contributed by atoms with E-state index in [0.717, 1.165) is 15.4 Å². The van der Waals surface area contributed by atoms with E-state index in [4.69, 9.17) is 0 Å². The number of sulfonamides is 1. The highest BCUT2D eigenvalue weighted by Gasteiger charge is 2.22. The van der Waals surface area contributed by atoms with Gasteiger partial charge in [0.25, 0.3) is 10.0 Å². The molecule has 0 aliphatic rings. The van der Waals surface area contributed by atoms with E-state index in [2.05, 4.69) is 31.0 Å². The van der Waals surface area contributed by atoms with Crippen LogP contribution in [0.25, 0.3) is 0 Å². The van der Waals surface area contributed by atoms with Gasteiger partial charge in [-0.25, -0.2) is 13.4 Å². The Morgan fingerprint density at radius 1 is 1.35 bits per heavy atom. The lowest BCUT2D eigenvalue weighted by Gasteiger charge is -2.03. The first-order valence-corrected chi connectivity index (χ1v) is 9.64. The van der Waals surface area contributed by atoms with Crippen LogP contribution in [0.15, 0.2) is 14.7 Å². The molecule has 2 rings (SSSR count). The molecule has 0 bridgehead atoms. The van der Waals surface area contributed by atoms with E-state index < -0.39 is 10.0 Å². The van der Waals surface area contributed by atoms with Crippen molar-refractivity contribution in [1.29, 1.82) is 0 Å². The molecule has 0 saturated carbocycles. The molecule has 0 spiro atoms. The molecule has 5 nitrogen and oxygen atoms in total. The number of rotatable bonds is 5. The molecular weight excluding hydrogens is 382 g/mol. The highest BCUT2D eigenvalue weighted by Crippen LogP contribution is 2.33. The van der Waals surface area contributed by atoms with E-state index in [1.165, 1.54) is 22.7 Å². The molecule has 2 aromatic rings. The number of nitrogens with zero attached hydrogens (tertiary/aromatic N) is 1. The van der Waals surface area contributed by atoms with Crippen LogP contribution >= 0.6 is 38.6 Å². The van der Waals surface area contributed by atoms with Crippen molar-refractivity contribution in [2.24, 2.45) is 0 Å². The second-order valence-electron chi connectivity index (χ2n) is 4.15. The fraction of sp³-hybridized carbons (Fsp3) is 0.364. The second-order valence-corrected chi connectivity index (χ2v) is 9.46. The van der Waals surface area contributed by atoms with Gasteiger partial charge in [-0.2, -0.15) is 0 Å². The lowest BCUT2D eigenvalue weighted by atomic mass is 10.4. The van der Waals surface area contributed by atoms with Gasteiger partial charge in [-0.05, 0) is 42.9 Å². The van der Waals surface area contributed by atoms with Crippen LogP contribution in [0.5, 0.6) is 0 Å². The Bertz CT molecular complexity index is 702. The number of aromatic nitrogens is 1. The van der Waals surface area contributed by atoms with Crippen LogP contribution in [0.3, 0.4) is 0 Å². The number of halogens is 1. The molecule has 0 saturated heterocycles. The molecular formula is C11H14BrN3O2S3. The predicted molar refractivity (Wildman–Crippen MR) is 87.2 cm³/mol. The van der Waals surface area contributed by atoms with Crippen molar-refractivity contribution < 1.29 is 8.42 Å². The molecule has 2 heterocycles. The van der Waals surface area contributed by atoms with Crippen LogP contribution in [0.1, 0.15) is 15.4 Å². The fourth-order valence-electron chi connectivity index (χ4n) is 1.53. The number of aryl methyl sites for hydroxylation is 2. The molecule has 0 amide bonds. The van der Waals surface area contributed by atoms with Crippen molar-refractivity contribution >= 4 is 53.8 Å². The summed E-state index contributed by atoms with van der Waals surface area (Å²) in [7, 11) is -1.79. The summed E-state index contributed by atoms with van der Waals surface area (Å²) in [6, 6.07) is 1.67. The fourth-order valence-corrected chi connectivity index (χ4v) is 6.27. The van der Waals surface area contributed by atoms with Gasteiger partial charge in [-0.15, -0.1) is 22.7 Å². The minimum atomic E-state index is -3.61. The van der Waals surface area contributed by atoms with Crippen molar-refractivity contribution in [2.45, 2.75) is 25.3 Å². The molecule has 2 N–H and O–H groups in total. The van der Waals surface area contributed by atoms with Crippen LogP contribution in [0.2, 0.25) is 0 Å². The number of hydrogen-bond donors (Lipinski definition) is 2. The van der Waals surface area contributed by atoms with Crippen molar-refractivity contribution in [3.63, 3.8) is 0 Å². The topological polar surface area (TPSA) is 71.1 Å². The quantitative estimate of drug-likeness (QED) is 0.815. The van der Waals surface area contributed by atoms with Gasteiger partial charge < -0.3 is 5.32 Å². The third-order valence-electron chi connectivity index (χ3n) is 2.60. The molecule has 0 radical (unpaired) electrons. The molecule has 0 fully saturated rings. The summed E-state index contributed by atoms with van der Waals surface area (Å²) < 4.78 is 27.9. The number of thiazole rings is 1. The third kappa shape index (κ3) is 3.40. The molecule has 0 unspecified atom stereocenters. The Morgan fingerprint density at radius 3 is 2.60 bits per heavy atom. The maximum atomic E-state index is 12.4. The molecule has 20 heavy (non-hydrogen) atoms. The molecule has 110 valence electrons. The molecule has 0 atom stereocenters. The van der Waals surface area contributed by atoms with Crippen LogP contribution in [0, 0.1) is 13.8 Å². The summed E-state index contributed by atoms with van der Waals surface area (Å²) in [4.78, 5) is 6.40. The van der Waals surface area contributed by atoms with Crippen molar-refractivity contribution in [2.75, 3.05) is 11.8 Å². The zero-order valence-electron chi connectivity index (χ0n) is 11.2. The average Bonchev–Trinajstić information content (AvgIpc) is 2.83. The zero-order chi connectivity index (χ0) is 14.9. The summed E-state index contributed by atoms with van der Waals surface area (Å²) >= 11 is 6.05. The Balaban J connectivity index is 2.30. The minimum Gasteiger partial charge on any atom is -0.315 e. The minimum absolute atomic E-state index is 0.248. The van der Waals surface area contributed by atoms with Crippen molar-refractivity contribution in [1.82, 2.24) is 10.3 Å². The van der Waals surface area contributed by atoms with Gasteiger partial charge in [0.15, 0.2) is 5.13 Å². The third-order valence-corrected chi connectivity index (χ3v) is 7.31. The zero-order valence-corrected chi connectivity index (χ0v) is 15.2. The Morgan fingerprint density at radius 2 is 2.05 bits per heavy atom. The Hall–Kier alpha value is -0.480. The van der Waals surface area contributed by atoms with Gasteiger partial charge in [-0.1, -0.05) is 0 Å². The lowest BCUT2D eigenvalue weighted by molar-refractivity contribution is 0.601. The number of hydrogen-bond acceptors (Lipinski definition) is 6. The summed E-state index contributed by atoms with van der Waals surface area (Å²) in [6.07, 6.45) is 0. The monoisotopic (exact) mass is 395 g/mol. The average molecular weight is 396 g/mol. The summed E-state index contributed by atoms with van der Waals surface area (Å²) in [5.41, 5.74) is 0.841. The van der Waals surface area contributed by atoms with Crippen LogP contribution in [-0.2, 0) is 16.6 Å². The molecule has 0 aliphatic heterocycles. The SMILES string of the molecule is CNCc1cc(S(=O)(=O)Nc2nc(C)c(C)s2)c(Br)s1. The number of thiophene rings is 1. The van der Waals surface area contributed by atoms with Crippen molar-refractivity contribution in [3.05, 3.63) is 25.3 Å². The second kappa shape index (κ2) is 6.10. The van der Waals surface area contributed by atoms with Gasteiger partial charge in [0, 0.05) is 16.3 Å². The van der Waals surface area contributed by atoms with E-state index in [-0.39, 0.29) is 4.90 Å². The summed E-state index contributed by atoms with van der Waals surface area (Å²) in [6.45, 7) is 4.40. The molecule has 0 aromatic carbocycles. The Kier molecular flexibility index (Phi) is 4.85. The van der Waals surface area contributed by atoms with E-state index in [0.29, 0.717) is 15.5 Å². The van der Waals surface area contributed by atoms with Crippen LogP contribution < -0.4 is 10.0 Å². The largest absolute Gasteiger partial charge is 0.315 e. The highest BCUT2D eigenvalue weighted by molar-refractivity contribution is 9.11. The molecule has 2 aromatic heterocycles. The first-order chi connectivity index (χ1) is 9.33. The van der Waals surface area contributed by atoms with Crippen molar-refractivity contribution in [3.8, 4) is 0 Å². The predicted octanol–water partition coefficient (Wildman–Crippen LogP) is 3.10. The van der Waals surface area contributed by atoms with Gasteiger partial charge in [0.2, 0.25) is 0 Å². The van der Waals surface area contributed by atoms with Crippen LogP contribution in [0.4, 0.5) is 5.13 Å². The van der Waals surface area contributed by atoms with E-state index >= 15 is 0 Å². The number of anilines is 1. The van der Waals surface area contributed by atoms with Crippen LogP contribution in [-0.4, -0.2) is 20.4 Å². The van der Waals surface area contributed by atoms with E-state index in [9.17, 15) is 8.42 Å².